The molecule has 1 aromatic carbocycles. The largest absolute Gasteiger partial charge is 0.468 e. The SMILES string of the molecule is COC(=O)[C@]1([C@@]2(OC)NC(=O)c3ccccc32)CC1(C)C. The predicted molar refractivity (Wildman–Crippen MR) is 75.4 cm³/mol. The zero-order valence-corrected chi connectivity index (χ0v) is 12.6. The number of ether oxygens (including phenoxy) is 2. The van der Waals surface area contributed by atoms with Gasteiger partial charge in [-0.25, -0.2) is 0 Å². The third kappa shape index (κ3) is 1.44. The second-order valence-corrected chi connectivity index (χ2v) is 6.34. The number of benzene rings is 1. The number of amides is 1. The van der Waals surface area contributed by atoms with Gasteiger partial charge in [-0.3, -0.25) is 9.59 Å². The summed E-state index contributed by atoms with van der Waals surface area (Å²) in [5.74, 6) is -0.579. The minimum atomic E-state index is -1.17. The van der Waals surface area contributed by atoms with Gasteiger partial charge in [0.1, 0.15) is 5.41 Å². The first-order chi connectivity index (χ1) is 9.86. The van der Waals surface area contributed by atoms with Crippen LogP contribution in [0.5, 0.6) is 0 Å². The molecule has 1 heterocycles. The molecule has 1 aliphatic carbocycles. The Morgan fingerprint density at radius 1 is 1.24 bits per heavy atom. The maximum absolute atomic E-state index is 12.5. The second kappa shape index (κ2) is 4.07. The molecule has 1 amide bonds. The molecule has 1 aliphatic heterocycles. The Balaban J connectivity index is 2.24. The fourth-order valence-electron chi connectivity index (χ4n) is 3.84. The zero-order chi connectivity index (χ0) is 15.5. The van der Waals surface area contributed by atoms with Crippen molar-refractivity contribution in [3.05, 3.63) is 35.4 Å². The number of hydrogen-bond acceptors (Lipinski definition) is 4. The Morgan fingerprint density at radius 2 is 1.86 bits per heavy atom. The molecule has 0 saturated heterocycles. The number of nitrogens with one attached hydrogen (secondary N) is 1. The van der Waals surface area contributed by atoms with Crippen LogP contribution in [0.4, 0.5) is 0 Å². The highest BCUT2D eigenvalue weighted by atomic mass is 16.5. The molecule has 0 unspecified atom stereocenters. The number of hydrogen-bond donors (Lipinski definition) is 1. The van der Waals surface area contributed by atoms with E-state index < -0.39 is 11.1 Å². The molecule has 0 aromatic heterocycles. The van der Waals surface area contributed by atoms with Crippen LogP contribution in [0.2, 0.25) is 0 Å². The van der Waals surface area contributed by atoms with Crippen LogP contribution >= 0.6 is 0 Å². The first kappa shape index (κ1) is 14.1. The lowest BCUT2D eigenvalue weighted by atomic mass is 9.80. The second-order valence-electron chi connectivity index (χ2n) is 6.34. The molecular formula is C16H19NO4. The van der Waals surface area contributed by atoms with Crippen molar-refractivity contribution in [3.8, 4) is 0 Å². The van der Waals surface area contributed by atoms with Crippen LogP contribution in [0.25, 0.3) is 0 Å². The minimum Gasteiger partial charge on any atom is -0.468 e. The molecule has 0 bridgehead atoms. The van der Waals surface area contributed by atoms with E-state index in [4.69, 9.17) is 9.47 Å². The van der Waals surface area contributed by atoms with Gasteiger partial charge in [-0.1, -0.05) is 32.0 Å². The first-order valence-electron chi connectivity index (χ1n) is 6.92. The van der Waals surface area contributed by atoms with E-state index in [-0.39, 0.29) is 17.3 Å². The topological polar surface area (TPSA) is 64.6 Å². The van der Waals surface area contributed by atoms with Crippen molar-refractivity contribution in [1.29, 1.82) is 0 Å². The molecular weight excluding hydrogens is 270 g/mol. The van der Waals surface area contributed by atoms with Crippen molar-refractivity contribution in [3.63, 3.8) is 0 Å². The van der Waals surface area contributed by atoms with E-state index in [1.807, 2.05) is 26.0 Å². The van der Waals surface area contributed by atoms with Crippen molar-refractivity contribution in [1.82, 2.24) is 5.32 Å². The van der Waals surface area contributed by atoms with Crippen LogP contribution < -0.4 is 5.32 Å². The smallest absolute Gasteiger partial charge is 0.317 e. The van der Waals surface area contributed by atoms with Crippen molar-refractivity contribution in [2.45, 2.75) is 26.0 Å². The lowest BCUT2D eigenvalue weighted by Crippen LogP contribution is -2.54. The van der Waals surface area contributed by atoms with Gasteiger partial charge >= 0.3 is 5.97 Å². The summed E-state index contributed by atoms with van der Waals surface area (Å²) in [4.78, 5) is 24.8. The molecule has 1 fully saturated rings. The lowest BCUT2D eigenvalue weighted by Gasteiger charge is -2.38. The molecule has 1 N–H and O–H groups in total. The predicted octanol–water partition coefficient (Wildman–Crippen LogP) is 1.82. The number of fused-ring (bicyclic) bond motifs is 1. The van der Waals surface area contributed by atoms with E-state index in [1.165, 1.54) is 14.2 Å². The highest BCUT2D eigenvalue weighted by Gasteiger charge is 2.80. The molecule has 2 aliphatic rings. The highest BCUT2D eigenvalue weighted by molar-refractivity contribution is 6.01. The standard InChI is InChI=1S/C16H19NO4/c1-14(2)9-15(14,13(19)20-3)16(21-4)11-8-6-5-7-10(11)12(18)17-16/h5-8H,9H2,1-4H3,(H,17,18)/t15-,16-/m1/s1. The van der Waals surface area contributed by atoms with Gasteiger partial charge in [0.2, 0.25) is 0 Å². The van der Waals surface area contributed by atoms with E-state index in [0.717, 1.165) is 0 Å². The number of carbonyl (C=O) groups is 2. The Hall–Kier alpha value is -1.88. The normalized spacial score (nSPS) is 32.3. The van der Waals surface area contributed by atoms with E-state index in [1.54, 1.807) is 12.1 Å². The summed E-state index contributed by atoms with van der Waals surface area (Å²) in [6.45, 7) is 3.97. The van der Waals surface area contributed by atoms with Crippen LogP contribution in [0.3, 0.4) is 0 Å². The molecule has 0 radical (unpaired) electrons. The maximum atomic E-state index is 12.5. The monoisotopic (exact) mass is 289 g/mol. The van der Waals surface area contributed by atoms with Crippen LogP contribution in [0.1, 0.15) is 36.2 Å². The summed E-state index contributed by atoms with van der Waals surface area (Å²) in [5, 5.41) is 2.89. The third-order valence-corrected chi connectivity index (χ3v) is 5.02. The van der Waals surface area contributed by atoms with Crippen molar-refractivity contribution < 1.29 is 19.1 Å². The molecule has 112 valence electrons. The summed E-state index contributed by atoms with van der Waals surface area (Å²) in [6, 6.07) is 7.21. The maximum Gasteiger partial charge on any atom is 0.317 e. The number of carbonyl (C=O) groups excluding carboxylic acids is 2. The fraction of sp³-hybridized carbons (Fsp3) is 0.500. The van der Waals surface area contributed by atoms with E-state index >= 15 is 0 Å². The van der Waals surface area contributed by atoms with Crippen LogP contribution in [-0.4, -0.2) is 26.1 Å². The summed E-state index contributed by atoms with van der Waals surface area (Å²) in [6.07, 6.45) is 0.592. The molecule has 3 rings (SSSR count). The van der Waals surface area contributed by atoms with E-state index in [0.29, 0.717) is 17.5 Å². The van der Waals surface area contributed by atoms with Crippen LogP contribution in [-0.2, 0) is 20.0 Å². The van der Waals surface area contributed by atoms with Gasteiger partial charge in [-0.05, 0) is 17.9 Å². The summed E-state index contributed by atoms with van der Waals surface area (Å²) < 4.78 is 10.8. The molecule has 2 atom stereocenters. The highest BCUT2D eigenvalue weighted by Crippen LogP contribution is 2.72. The lowest BCUT2D eigenvalue weighted by molar-refractivity contribution is -0.171. The van der Waals surface area contributed by atoms with Gasteiger partial charge in [-0.15, -0.1) is 0 Å². The Morgan fingerprint density at radius 3 is 2.38 bits per heavy atom. The quantitative estimate of drug-likeness (QED) is 0.862. The Bertz CT molecular complexity index is 639. The molecule has 1 saturated carbocycles. The first-order valence-corrected chi connectivity index (χ1v) is 6.92. The van der Waals surface area contributed by atoms with Gasteiger partial charge in [0.15, 0.2) is 5.72 Å². The van der Waals surface area contributed by atoms with Crippen LogP contribution in [0, 0.1) is 10.8 Å². The van der Waals surface area contributed by atoms with Gasteiger partial charge < -0.3 is 14.8 Å². The summed E-state index contributed by atoms with van der Waals surface area (Å²) >= 11 is 0. The molecule has 0 spiro atoms. The molecule has 5 nitrogen and oxygen atoms in total. The fourth-order valence-corrected chi connectivity index (χ4v) is 3.84. The number of rotatable bonds is 3. The van der Waals surface area contributed by atoms with Crippen molar-refractivity contribution >= 4 is 11.9 Å². The van der Waals surface area contributed by atoms with Gasteiger partial charge in [-0.2, -0.15) is 0 Å². The van der Waals surface area contributed by atoms with Crippen molar-refractivity contribution in [2.24, 2.45) is 10.8 Å². The zero-order valence-electron chi connectivity index (χ0n) is 12.6. The van der Waals surface area contributed by atoms with E-state index in [9.17, 15) is 9.59 Å². The van der Waals surface area contributed by atoms with Gasteiger partial charge in [0.25, 0.3) is 5.91 Å². The van der Waals surface area contributed by atoms with Gasteiger partial charge in [0, 0.05) is 18.2 Å². The number of esters is 1. The van der Waals surface area contributed by atoms with Crippen molar-refractivity contribution in [2.75, 3.05) is 14.2 Å². The Kier molecular flexibility index (Phi) is 2.73. The molecule has 5 heteroatoms. The molecule has 21 heavy (non-hydrogen) atoms. The van der Waals surface area contributed by atoms with Crippen LogP contribution in [0.15, 0.2) is 24.3 Å². The molecule has 1 aromatic rings. The Labute approximate surface area is 123 Å². The van der Waals surface area contributed by atoms with E-state index in [2.05, 4.69) is 5.32 Å². The average molecular weight is 289 g/mol. The summed E-state index contributed by atoms with van der Waals surface area (Å²) in [5.41, 5.74) is -1.15. The minimum absolute atomic E-state index is 0.224. The third-order valence-electron chi connectivity index (χ3n) is 5.02. The van der Waals surface area contributed by atoms with Gasteiger partial charge in [0.05, 0.1) is 7.11 Å². The number of methoxy groups -OCH3 is 2. The summed E-state index contributed by atoms with van der Waals surface area (Å²) in [7, 11) is 2.88. The average Bonchev–Trinajstić information content (AvgIpc) is 2.95.